The summed E-state index contributed by atoms with van der Waals surface area (Å²) in [5.74, 6) is -0.795. The van der Waals surface area contributed by atoms with E-state index in [1.165, 1.54) is 36.3 Å². The van der Waals surface area contributed by atoms with Gasteiger partial charge in [-0.25, -0.2) is 12.8 Å². The summed E-state index contributed by atoms with van der Waals surface area (Å²) < 4.78 is 44.5. The topological polar surface area (TPSA) is 96.0 Å². The molecular weight excluding hydrogens is 461 g/mol. The van der Waals surface area contributed by atoms with E-state index in [9.17, 15) is 22.4 Å². The van der Waals surface area contributed by atoms with Crippen LogP contribution in [0.5, 0.6) is 5.75 Å². The van der Waals surface area contributed by atoms with Gasteiger partial charge in [-0.05, 0) is 55.3 Å². The van der Waals surface area contributed by atoms with Gasteiger partial charge in [-0.15, -0.1) is 0 Å². The number of methoxy groups -OCH3 is 1. The Bertz CT molecular complexity index is 1060. The third-order valence-corrected chi connectivity index (χ3v) is 6.44. The van der Waals surface area contributed by atoms with Crippen LogP contribution in [0.1, 0.15) is 32.3 Å². The lowest BCUT2D eigenvalue weighted by Gasteiger charge is -2.31. The molecule has 0 aliphatic carbocycles. The number of amides is 2. The molecule has 8 nitrogen and oxygen atoms in total. The second-order valence-electron chi connectivity index (χ2n) is 7.94. The Morgan fingerprint density at radius 2 is 1.71 bits per heavy atom. The lowest BCUT2D eigenvalue weighted by molar-refractivity contribution is -0.139. The number of carbonyl (C=O) groups excluding carboxylic acids is 2. The lowest BCUT2D eigenvalue weighted by Crippen LogP contribution is -2.51. The number of unbranched alkanes of at least 4 members (excludes halogenated alkanes) is 1. The maximum atomic E-state index is 13.4. The van der Waals surface area contributed by atoms with Crippen molar-refractivity contribution in [3.8, 4) is 5.75 Å². The fraction of sp³-hybridized carbons (Fsp3) is 0.417. The number of rotatable bonds is 12. The van der Waals surface area contributed by atoms with Crippen molar-refractivity contribution in [2.45, 2.75) is 39.3 Å². The maximum Gasteiger partial charge on any atom is 0.244 e. The molecule has 0 radical (unpaired) electrons. The first-order valence-electron chi connectivity index (χ1n) is 11.0. The predicted octanol–water partition coefficient (Wildman–Crippen LogP) is 2.93. The summed E-state index contributed by atoms with van der Waals surface area (Å²) in [6.45, 7) is 3.57. The van der Waals surface area contributed by atoms with Crippen molar-refractivity contribution >= 4 is 27.5 Å². The monoisotopic (exact) mass is 493 g/mol. The van der Waals surface area contributed by atoms with Crippen molar-refractivity contribution in [2.24, 2.45) is 0 Å². The zero-order valence-corrected chi connectivity index (χ0v) is 20.8. The molecular formula is C24H32FN3O5S. The molecule has 0 bridgehead atoms. The molecule has 186 valence electrons. The number of ether oxygens (including phenoxy) is 1. The second-order valence-corrected chi connectivity index (χ2v) is 9.84. The summed E-state index contributed by atoms with van der Waals surface area (Å²) in [4.78, 5) is 27.4. The van der Waals surface area contributed by atoms with Gasteiger partial charge in [0.15, 0.2) is 0 Å². The van der Waals surface area contributed by atoms with Crippen molar-refractivity contribution in [1.82, 2.24) is 10.2 Å². The quantitative estimate of drug-likeness (QED) is 0.459. The van der Waals surface area contributed by atoms with E-state index in [2.05, 4.69) is 5.32 Å². The van der Waals surface area contributed by atoms with Crippen molar-refractivity contribution in [3.63, 3.8) is 0 Å². The van der Waals surface area contributed by atoms with Gasteiger partial charge in [0.25, 0.3) is 0 Å². The Morgan fingerprint density at radius 3 is 2.24 bits per heavy atom. The lowest BCUT2D eigenvalue weighted by atomic mass is 10.1. The largest absolute Gasteiger partial charge is 0.497 e. The predicted molar refractivity (Wildman–Crippen MR) is 130 cm³/mol. The van der Waals surface area contributed by atoms with Gasteiger partial charge in [-0.2, -0.15) is 0 Å². The normalized spacial score (nSPS) is 12.0. The van der Waals surface area contributed by atoms with E-state index in [1.54, 1.807) is 31.2 Å². The van der Waals surface area contributed by atoms with Crippen LogP contribution >= 0.6 is 0 Å². The molecule has 0 unspecified atom stereocenters. The minimum Gasteiger partial charge on any atom is -0.497 e. The van der Waals surface area contributed by atoms with Gasteiger partial charge in [0.05, 0.1) is 19.1 Å². The number of nitrogens with one attached hydrogen (secondary N) is 1. The number of carbonyl (C=O) groups is 2. The van der Waals surface area contributed by atoms with E-state index < -0.39 is 34.3 Å². The van der Waals surface area contributed by atoms with Crippen LogP contribution in [0.25, 0.3) is 0 Å². The third kappa shape index (κ3) is 7.72. The summed E-state index contributed by atoms with van der Waals surface area (Å²) in [7, 11) is -2.32. The van der Waals surface area contributed by atoms with Crippen LogP contribution in [-0.4, -0.2) is 57.6 Å². The van der Waals surface area contributed by atoms with Crippen LogP contribution in [0.15, 0.2) is 48.5 Å². The van der Waals surface area contributed by atoms with Gasteiger partial charge >= 0.3 is 0 Å². The number of nitrogens with zero attached hydrogens (tertiary/aromatic N) is 2. The Hall–Kier alpha value is -3.14. The molecule has 2 amide bonds. The first-order valence-corrected chi connectivity index (χ1v) is 12.8. The fourth-order valence-electron chi connectivity index (χ4n) is 3.27. The van der Waals surface area contributed by atoms with Gasteiger partial charge in [0, 0.05) is 13.1 Å². The van der Waals surface area contributed by atoms with Crippen LogP contribution < -0.4 is 14.4 Å². The molecule has 1 N–H and O–H groups in total. The Balaban J connectivity index is 2.32. The molecule has 2 aromatic rings. The summed E-state index contributed by atoms with van der Waals surface area (Å²) in [6.07, 6.45) is 2.71. The number of halogens is 1. The van der Waals surface area contributed by atoms with E-state index in [4.69, 9.17) is 4.74 Å². The zero-order chi connectivity index (χ0) is 25.3. The number of anilines is 1. The molecule has 0 spiro atoms. The molecule has 0 aromatic heterocycles. The smallest absolute Gasteiger partial charge is 0.244 e. The zero-order valence-electron chi connectivity index (χ0n) is 20.0. The summed E-state index contributed by atoms with van der Waals surface area (Å²) in [5, 5.41) is 2.80. The minimum absolute atomic E-state index is 0.0156. The van der Waals surface area contributed by atoms with E-state index in [0.717, 1.165) is 23.4 Å². The van der Waals surface area contributed by atoms with Crippen molar-refractivity contribution < 1.29 is 27.1 Å². The van der Waals surface area contributed by atoms with Crippen molar-refractivity contribution in [3.05, 3.63) is 59.9 Å². The molecule has 2 aromatic carbocycles. The Labute approximate surface area is 200 Å². The fourth-order valence-corrected chi connectivity index (χ4v) is 4.12. The first-order chi connectivity index (χ1) is 16.1. The van der Waals surface area contributed by atoms with Crippen LogP contribution in [0.2, 0.25) is 0 Å². The molecule has 0 fully saturated rings. The van der Waals surface area contributed by atoms with E-state index in [0.29, 0.717) is 23.5 Å². The molecule has 0 saturated carbocycles. The third-order valence-electron chi connectivity index (χ3n) is 5.30. The molecule has 2 rings (SSSR count). The summed E-state index contributed by atoms with van der Waals surface area (Å²) >= 11 is 0. The highest BCUT2D eigenvalue weighted by molar-refractivity contribution is 7.92. The van der Waals surface area contributed by atoms with Crippen LogP contribution in [0.4, 0.5) is 10.1 Å². The van der Waals surface area contributed by atoms with Crippen LogP contribution in [0, 0.1) is 5.82 Å². The molecule has 0 aliphatic heterocycles. The molecule has 10 heteroatoms. The van der Waals surface area contributed by atoms with Gasteiger partial charge in [-0.3, -0.25) is 13.9 Å². The Kier molecular flexibility index (Phi) is 9.85. The summed E-state index contributed by atoms with van der Waals surface area (Å²) in [5.41, 5.74) is 0.900. The number of hydrogen-bond donors (Lipinski definition) is 1. The molecule has 0 saturated heterocycles. The van der Waals surface area contributed by atoms with Crippen molar-refractivity contribution in [2.75, 3.05) is 30.8 Å². The van der Waals surface area contributed by atoms with Gasteiger partial charge in [0.2, 0.25) is 21.8 Å². The van der Waals surface area contributed by atoms with E-state index in [1.807, 2.05) is 6.92 Å². The average molecular weight is 494 g/mol. The summed E-state index contributed by atoms with van der Waals surface area (Å²) in [6, 6.07) is 11.0. The van der Waals surface area contributed by atoms with Crippen molar-refractivity contribution in [1.29, 1.82) is 0 Å². The molecule has 0 heterocycles. The molecule has 34 heavy (non-hydrogen) atoms. The average Bonchev–Trinajstić information content (AvgIpc) is 2.81. The highest BCUT2D eigenvalue weighted by atomic mass is 32.2. The van der Waals surface area contributed by atoms with E-state index >= 15 is 0 Å². The Morgan fingerprint density at radius 1 is 1.09 bits per heavy atom. The van der Waals surface area contributed by atoms with Gasteiger partial charge in [-0.1, -0.05) is 25.5 Å². The number of sulfonamides is 1. The van der Waals surface area contributed by atoms with E-state index in [-0.39, 0.29) is 12.5 Å². The molecule has 1 atom stereocenters. The van der Waals surface area contributed by atoms with Crippen LogP contribution in [0.3, 0.4) is 0 Å². The minimum atomic E-state index is -3.81. The SMILES string of the molecule is CCCCNC(=O)[C@H](C)N(Cc1ccc(F)cc1)C(=O)CN(c1ccc(OC)cc1)S(C)(=O)=O. The van der Waals surface area contributed by atoms with Crippen LogP contribution in [-0.2, 0) is 26.2 Å². The first kappa shape index (κ1) is 27.1. The number of hydrogen-bond acceptors (Lipinski definition) is 5. The highest BCUT2D eigenvalue weighted by Crippen LogP contribution is 2.22. The maximum absolute atomic E-state index is 13.4. The highest BCUT2D eigenvalue weighted by Gasteiger charge is 2.30. The number of benzene rings is 2. The van der Waals surface area contributed by atoms with Gasteiger partial charge < -0.3 is 15.0 Å². The molecule has 0 aliphatic rings. The van der Waals surface area contributed by atoms with Gasteiger partial charge in [0.1, 0.15) is 24.2 Å². The second kappa shape index (κ2) is 12.4. The standard InChI is InChI=1S/C24H32FN3O5S/c1-5-6-15-26-24(30)18(2)27(16-19-7-9-20(25)10-8-19)23(29)17-28(34(4,31)32)21-11-13-22(33-3)14-12-21/h7-14,18H,5-6,15-17H2,1-4H3,(H,26,30)/t18-/m0/s1.